The lowest BCUT2D eigenvalue weighted by Crippen LogP contribution is -2.30. The van der Waals surface area contributed by atoms with E-state index in [-0.39, 0.29) is 16.5 Å². The second kappa shape index (κ2) is 8.51. The number of carbonyl (C=O) groups is 1. The van der Waals surface area contributed by atoms with Crippen molar-refractivity contribution in [1.82, 2.24) is 4.90 Å². The molecule has 0 fully saturated rings. The van der Waals surface area contributed by atoms with E-state index in [9.17, 15) is 26.4 Å². The molecule has 0 atom stereocenters. The Morgan fingerprint density at radius 3 is 2.00 bits per heavy atom. The molecule has 0 heterocycles. The van der Waals surface area contributed by atoms with Crippen molar-refractivity contribution in [3.8, 4) is 5.75 Å². The van der Waals surface area contributed by atoms with Crippen LogP contribution in [0.4, 0.5) is 18.9 Å². The molecule has 2 aromatic carbocycles. The van der Waals surface area contributed by atoms with Crippen molar-refractivity contribution in [2.45, 2.75) is 25.1 Å². The predicted molar refractivity (Wildman–Crippen MR) is 97.6 cm³/mol. The molecule has 0 spiro atoms. The molecule has 6 nitrogen and oxygen atoms in total. The van der Waals surface area contributed by atoms with E-state index >= 15 is 0 Å². The summed E-state index contributed by atoms with van der Waals surface area (Å²) in [6.45, 7) is 4.82. The first-order chi connectivity index (χ1) is 13.1. The second-order valence-electron chi connectivity index (χ2n) is 5.68. The number of sulfonamides is 1. The SMILES string of the molecule is CCN(CC)C(=O)c1ccc(NS(=O)(=O)c2ccc(OC(F)(F)F)cc2)cc1. The topological polar surface area (TPSA) is 75.7 Å². The number of amides is 1. The molecule has 0 aliphatic heterocycles. The third kappa shape index (κ3) is 5.62. The summed E-state index contributed by atoms with van der Waals surface area (Å²) in [6, 6.07) is 9.70. The molecule has 28 heavy (non-hydrogen) atoms. The van der Waals surface area contributed by atoms with Crippen LogP contribution in [-0.2, 0) is 10.0 Å². The lowest BCUT2D eigenvalue weighted by molar-refractivity contribution is -0.274. The smallest absolute Gasteiger partial charge is 0.406 e. The molecule has 0 aromatic heterocycles. The highest BCUT2D eigenvalue weighted by Gasteiger charge is 2.31. The highest BCUT2D eigenvalue weighted by Crippen LogP contribution is 2.25. The highest BCUT2D eigenvalue weighted by atomic mass is 32.2. The zero-order chi connectivity index (χ0) is 20.9. The largest absolute Gasteiger partial charge is 0.573 e. The molecule has 0 aliphatic carbocycles. The lowest BCUT2D eigenvalue weighted by Gasteiger charge is -2.18. The van der Waals surface area contributed by atoms with E-state index < -0.39 is 22.1 Å². The van der Waals surface area contributed by atoms with Gasteiger partial charge in [0, 0.05) is 24.3 Å². The van der Waals surface area contributed by atoms with Gasteiger partial charge in [-0.15, -0.1) is 13.2 Å². The van der Waals surface area contributed by atoms with Crippen LogP contribution in [-0.4, -0.2) is 38.7 Å². The molecule has 0 unspecified atom stereocenters. The van der Waals surface area contributed by atoms with Crippen LogP contribution in [0.2, 0.25) is 0 Å². The van der Waals surface area contributed by atoms with Crippen LogP contribution < -0.4 is 9.46 Å². The summed E-state index contributed by atoms with van der Waals surface area (Å²) in [5.41, 5.74) is 0.631. The number of carbonyl (C=O) groups excluding carboxylic acids is 1. The van der Waals surface area contributed by atoms with E-state index in [0.29, 0.717) is 18.7 Å². The Kier molecular flexibility index (Phi) is 6.55. The van der Waals surface area contributed by atoms with Gasteiger partial charge in [0.2, 0.25) is 0 Å². The molecule has 0 saturated heterocycles. The van der Waals surface area contributed by atoms with Crippen molar-refractivity contribution in [1.29, 1.82) is 0 Å². The monoisotopic (exact) mass is 416 g/mol. The number of hydrogen-bond donors (Lipinski definition) is 1. The maximum atomic E-state index is 12.4. The fourth-order valence-corrected chi connectivity index (χ4v) is 3.47. The second-order valence-corrected chi connectivity index (χ2v) is 7.36. The summed E-state index contributed by atoms with van der Waals surface area (Å²) in [5.74, 6) is -0.689. The van der Waals surface area contributed by atoms with Crippen molar-refractivity contribution < 1.29 is 31.1 Å². The van der Waals surface area contributed by atoms with Gasteiger partial charge in [0.1, 0.15) is 5.75 Å². The van der Waals surface area contributed by atoms with Gasteiger partial charge in [-0.2, -0.15) is 0 Å². The summed E-state index contributed by atoms with van der Waals surface area (Å²) in [6.07, 6.45) is -4.86. The van der Waals surface area contributed by atoms with Crippen LogP contribution in [0, 0.1) is 0 Å². The molecule has 0 radical (unpaired) electrons. The molecule has 10 heteroatoms. The Labute approximate surface area is 161 Å². The molecule has 0 bridgehead atoms. The van der Waals surface area contributed by atoms with Gasteiger partial charge in [-0.1, -0.05) is 0 Å². The minimum Gasteiger partial charge on any atom is -0.406 e. The van der Waals surface area contributed by atoms with Gasteiger partial charge in [-0.3, -0.25) is 9.52 Å². The minimum absolute atomic E-state index is 0.167. The van der Waals surface area contributed by atoms with Crippen LogP contribution in [0.3, 0.4) is 0 Å². The molecule has 1 N–H and O–H groups in total. The first-order valence-corrected chi connectivity index (χ1v) is 9.82. The van der Waals surface area contributed by atoms with E-state index in [2.05, 4.69) is 9.46 Å². The molecule has 2 rings (SSSR count). The molecule has 152 valence electrons. The van der Waals surface area contributed by atoms with Gasteiger partial charge in [0.05, 0.1) is 4.90 Å². The van der Waals surface area contributed by atoms with Crippen molar-refractivity contribution in [3.63, 3.8) is 0 Å². The summed E-state index contributed by atoms with van der Waals surface area (Å²) >= 11 is 0. The number of anilines is 1. The Hall–Kier alpha value is -2.75. The number of benzene rings is 2. The van der Waals surface area contributed by atoms with E-state index in [1.807, 2.05) is 13.8 Å². The van der Waals surface area contributed by atoms with Gasteiger partial charge in [0.25, 0.3) is 15.9 Å². The average molecular weight is 416 g/mol. The number of ether oxygens (including phenoxy) is 1. The van der Waals surface area contributed by atoms with Crippen molar-refractivity contribution in [2.75, 3.05) is 17.8 Å². The number of rotatable bonds is 7. The normalized spacial score (nSPS) is 11.8. The third-order valence-electron chi connectivity index (χ3n) is 3.80. The van der Waals surface area contributed by atoms with Gasteiger partial charge in [-0.25, -0.2) is 8.42 Å². The summed E-state index contributed by atoms with van der Waals surface area (Å²) in [7, 11) is -4.01. The number of hydrogen-bond acceptors (Lipinski definition) is 4. The quantitative estimate of drug-likeness (QED) is 0.744. The van der Waals surface area contributed by atoms with E-state index in [1.54, 1.807) is 4.90 Å². The molecule has 0 saturated carbocycles. The summed E-state index contributed by atoms with van der Waals surface area (Å²) < 4.78 is 67.3. The fraction of sp³-hybridized carbons (Fsp3) is 0.278. The lowest BCUT2D eigenvalue weighted by atomic mass is 10.2. The molecule has 2 aromatic rings. The molecular weight excluding hydrogens is 397 g/mol. The number of nitrogens with one attached hydrogen (secondary N) is 1. The van der Waals surface area contributed by atoms with Crippen LogP contribution in [0.1, 0.15) is 24.2 Å². The van der Waals surface area contributed by atoms with Crippen molar-refractivity contribution in [3.05, 3.63) is 54.1 Å². The summed E-state index contributed by atoms with van der Waals surface area (Å²) in [5, 5.41) is 0. The third-order valence-corrected chi connectivity index (χ3v) is 5.20. The Morgan fingerprint density at radius 2 is 1.54 bits per heavy atom. The van der Waals surface area contributed by atoms with Crippen LogP contribution in [0.25, 0.3) is 0 Å². The van der Waals surface area contributed by atoms with E-state index in [1.165, 1.54) is 24.3 Å². The highest BCUT2D eigenvalue weighted by molar-refractivity contribution is 7.92. The van der Waals surface area contributed by atoms with Gasteiger partial charge in [0.15, 0.2) is 0 Å². The average Bonchev–Trinajstić information content (AvgIpc) is 2.62. The van der Waals surface area contributed by atoms with Gasteiger partial charge >= 0.3 is 6.36 Å². The fourth-order valence-electron chi connectivity index (χ4n) is 2.41. The Balaban J connectivity index is 2.12. The van der Waals surface area contributed by atoms with Crippen LogP contribution in [0.5, 0.6) is 5.75 Å². The van der Waals surface area contributed by atoms with Crippen molar-refractivity contribution >= 4 is 21.6 Å². The van der Waals surface area contributed by atoms with Gasteiger partial charge in [-0.05, 0) is 62.4 Å². The number of halogens is 3. The standard InChI is InChI=1S/C18H19F3N2O4S/c1-3-23(4-2)17(24)13-5-7-14(8-6-13)22-28(25,26)16-11-9-15(10-12-16)27-18(19,20)21/h5-12,22H,3-4H2,1-2H3. The predicted octanol–water partition coefficient (Wildman–Crippen LogP) is 3.87. The van der Waals surface area contributed by atoms with Crippen molar-refractivity contribution in [2.24, 2.45) is 0 Å². The first kappa shape index (κ1) is 21.5. The first-order valence-electron chi connectivity index (χ1n) is 8.33. The number of nitrogens with zero attached hydrogens (tertiary/aromatic N) is 1. The zero-order valence-corrected chi connectivity index (χ0v) is 16.0. The van der Waals surface area contributed by atoms with Gasteiger partial charge < -0.3 is 9.64 Å². The molecular formula is C18H19F3N2O4S. The van der Waals surface area contributed by atoms with E-state index in [4.69, 9.17) is 0 Å². The maximum absolute atomic E-state index is 12.4. The molecule has 1 amide bonds. The molecule has 0 aliphatic rings. The van der Waals surface area contributed by atoms with E-state index in [0.717, 1.165) is 24.3 Å². The summed E-state index contributed by atoms with van der Waals surface area (Å²) in [4.78, 5) is 13.6. The zero-order valence-electron chi connectivity index (χ0n) is 15.2. The van der Waals surface area contributed by atoms with Crippen LogP contribution in [0.15, 0.2) is 53.4 Å². The minimum atomic E-state index is -4.86. The van der Waals surface area contributed by atoms with Crippen LogP contribution >= 0.6 is 0 Å². The number of alkyl halides is 3. The Bertz CT molecular complexity index is 907. The Morgan fingerprint density at radius 1 is 1.00 bits per heavy atom. The maximum Gasteiger partial charge on any atom is 0.573 e.